The van der Waals surface area contributed by atoms with Crippen molar-refractivity contribution in [2.45, 2.75) is 58.3 Å². The predicted octanol–water partition coefficient (Wildman–Crippen LogP) is 1.86. The molecule has 2 unspecified atom stereocenters. The van der Waals surface area contributed by atoms with Crippen LogP contribution in [0.25, 0.3) is 0 Å². The molecule has 0 aromatic rings. The minimum Gasteiger partial charge on any atom is -0.325 e. The summed E-state index contributed by atoms with van der Waals surface area (Å²) in [5, 5.41) is 0. The van der Waals surface area contributed by atoms with E-state index in [0.29, 0.717) is 18.1 Å². The summed E-state index contributed by atoms with van der Waals surface area (Å²) in [5.41, 5.74) is 0. The van der Waals surface area contributed by atoms with Crippen LogP contribution in [0.3, 0.4) is 0 Å². The quantitative estimate of drug-likeness (QED) is 0.751. The second kappa shape index (κ2) is 5.25. The van der Waals surface area contributed by atoms with E-state index in [1.165, 1.54) is 0 Å². The lowest BCUT2D eigenvalue weighted by Gasteiger charge is -2.29. The van der Waals surface area contributed by atoms with Crippen molar-refractivity contribution in [1.82, 2.24) is 14.7 Å². The van der Waals surface area contributed by atoms with Crippen LogP contribution >= 0.6 is 0 Å². The third-order valence-corrected chi connectivity index (χ3v) is 3.94. The largest absolute Gasteiger partial charge is 0.325 e. The molecule has 0 N–H and O–H groups in total. The Morgan fingerprint density at radius 2 is 1.53 bits per heavy atom. The van der Waals surface area contributed by atoms with E-state index in [0.717, 1.165) is 6.42 Å². The van der Waals surface area contributed by atoms with E-state index in [1.807, 2.05) is 32.8 Å². The standard InChI is InChI=1S/C13H27N3O/c1-9(2)14(5)11-8-12(11)16(7)13(17)15(6)10(3)4/h9-12H,8H2,1-7H3. The number of hydrogen-bond acceptors (Lipinski definition) is 2. The van der Waals surface area contributed by atoms with Gasteiger partial charge in [-0.05, 0) is 41.2 Å². The average Bonchev–Trinajstić information content (AvgIpc) is 3.04. The lowest BCUT2D eigenvalue weighted by molar-refractivity contribution is 0.152. The maximum Gasteiger partial charge on any atom is 0.320 e. The van der Waals surface area contributed by atoms with Crippen LogP contribution in [0, 0.1) is 0 Å². The Labute approximate surface area is 106 Å². The molecule has 17 heavy (non-hydrogen) atoms. The molecule has 1 fully saturated rings. The van der Waals surface area contributed by atoms with Gasteiger partial charge in [0.15, 0.2) is 0 Å². The Bertz CT molecular complexity index is 278. The molecule has 4 heteroatoms. The Balaban J connectivity index is 2.51. The second-order valence-electron chi connectivity index (χ2n) is 5.73. The van der Waals surface area contributed by atoms with Crippen molar-refractivity contribution >= 4 is 6.03 Å². The van der Waals surface area contributed by atoms with Gasteiger partial charge in [-0.1, -0.05) is 0 Å². The number of urea groups is 1. The molecular weight excluding hydrogens is 214 g/mol. The summed E-state index contributed by atoms with van der Waals surface area (Å²) < 4.78 is 0. The first-order valence-electron chi connectivity index (χ1n) is 6.49. The molecule has 0 saturated heterocycles. The highest BCUT2D eigenvalue weighted by molar-refractivity contribution is 5.75. The van der Waals surface area contributed by atoms with Crippen molar-refractivity contribution in [3.63, 3.8) is 0 Å². The number of likely N-dealkylation sites (N-methyl/N-ethyl adjacent to an activating group) is 2. The van der Waals surface area contributed by atoms with Gasteiger partial charge in [0.2, 0.25) is 0 Å². The van der Waals surface area contributed by atoms with E-state index in [2.05, 4.69) is 25.8 Å². The molecule has 1 rings (SSSR count). The van der Waals surface area contributed by atoms with E-state index in [9.17, 15) is 4.79 Å². The van der Waals surface area contributed by atoms with Gasteiger partial charge in [-0.3, -0.25) is 4.90 Å². The Kier molecular flexibility index (Phi) is 4.42. The fourth-order valence-electron chi connectivity index (χ4n) is 2.02. The Morgan fingerprint density at radius 3 is 1.94 bits per heavy atom. The highest BCUT2D eigenvalue weighted by atomic mass is 16.2. The maximum atomic E-state index is 12.1. The topological polar surface area (TPSA) is 26.8 Å². The van der Waals surface area contributed by atoms with Crippen molar-refractivity contribution in [1.29, 1.82) is 0 Å². The van der Waals surface area contributed by atoms with Gasteiger partial charge < -0.3 is 9.80 Å². The molecule has 100 valence electrons. The summed E-state index contributed by atoms with van der Waals surface area (Å²) in [6.07, 6.45) is 1.10. The van der Waals surface area contributed by atoms with Crippen LogP contribution in [-0.4, -0.2) is 66.0 Å². The monoisotopic (exact) mass is 241 g/mol. The lowest BCUT2D eigenvalue weighted by Crippen LogP contribution is -2.45. The van der Waals surface area contributed by atoms with Crippen molar-refractivity contribution in [2.75, 3.05) is 21.1 Å². The third-order valence-electron chi connectivity index (χ3n) is 3.94. The summed E-state index contributed by atoms with van der Waals surface area (Å²) >= 11 is 0. The molecule has 0 bridgehead atoms. The van der Waals surface area contributed by atoms with E-state index in [-0.39, 0.29) is 12.1 Å². The van der Waals surface area contributed by atoms with Gasteiger partial charge in [0.25, 0.3) is 0 Å². The molecule has 4 nitrogen and oxygen atoms in total. The number of carbonyl (C=O) groups excluding carboxylic acids is 1. The zero-order valence-corrected chi connectivity index (χ0v) is 12.3. The fourth-order valence-corrected chi connectivity index (χ4v) is 2.02. The van der Waals surface area contributed by atoms with Crippen LogP contribution in [0.1, 0.15) is 34.1 Å². The van der Waals surface area contributed by atoms with Crippen molar-refractivity contribution in [2.24, 2.45) is 0 Å². The Hall–Kier alpha value is -0.770. The molecule has 0 spiro atoms. The van der Waals surface area contributed by atoms with Crippen molar-refractivity contribution in [3.05, 3.63) is 0 Å². The van der Waals surface area contributed by atoms with E-state index in [1.54, 1.807) is 4.90 Å². The number of nitrogens with zero attached hydrogens (tertiary/aromatic N) is 3. The van der Waals surface area contributed by atoms with E-state index in [4.69, 9.17) is 0 Å². The van der Waals surface area contributed by atoms with Gasteiger partial charge in [0.05, 0.1) is 6.04 Å². The second-order valence-corrected chi connectivity index (χ2v) is 5.73. The molecule has 2 atom stereocenters. The fraction of sp³-hybridized carbons (Fsp3) is 0.923. The first kappa shape index (κ1) is 14.3. The van der Waals surface area contributed by atoms with E-state index >= 15 is 0 Å². The summed E-state index contributed by atoms with van der Waals surface area (Å²) in [6.45, 7) is 8.46. The average molecular weight is 241 g/mol. The van der Waals surface area contributed by atoms with Gasteiger partial charge in [-0.2, -0.15) is 0 Å². The zero-order chi connectivity index (χ0) is 13.3. The van der Waals surface area contributed by atoms with Gasteiger partial charge in [-0.15, -0.1) is 0 Å². The van der Waals surface area contributed by atoms with Crippen LogP contribution in [0.2, 0.25) is 0 Å². The SMILES string of the molecule is CC(C)N(C)C(=O)N(C)C1CC1N(C)C(C)C. The smallest absolute Gasteiger partial charge is 0.320 e. The lowest BCUT2D eigenvalue weighted by atomic mass is 10.3. The molecule has 1 saturated carbocycles. The number of amides is 2. The number of rotatable bonds is 4. The molecule has 2 amide bonds. The van der Waals surface area contributed by atoms with Gasteiger partial charge >= 0.3 is 6.03 Å². The molecule has 1 aliphatic rings. The Morgan fingerprint density at radius 1 is 1.00 bits per heavy atom. The van der Waals surface area contributed by atoms with E-state index < -0.39 is 0 Å². The predicted molar refractivity (Wildman–Crippen MR) is 71.2 cm³/mol. The van der Waals surface area contributed by atoms with Crippen LogP contribution < -0.4 is 0 Å². The molecule has 1 aliphatic carbocycles. The third kappa shape index (κ3) is 3.12. The minimum atomic E-state index is 0.129. The molecule has 0 aliphatic heterocycles. The molecule has 0 heterocycles. The normalized spacial score (nSPS) is 23.4. The van der Waals surface area contributed by atoms with Crippen LogP contribution in [0.4, 0.5) is 4.79 Å². The van der Waals surface area contributed by atoms with Crippen molar-refractivity contribution in [3.8, 4) is 0 Å². The van der Waals surface area contributed by atoms with Crippen molar-refractivity contribution < 1.29 is 4.79 Å². The molecular formula is C13H27N3O. The summed E-state index contributed by atoms with van der Waals surface area (Å²) in [6, 6.07) is 1.84. The minimum absolute atomic E-state index is 0.129. The summed E-state index contributed by atoms with van der Waals surface area (Å²) in [7, 11) is 5.92. The zero-order valence-electron chi connectivity index (χ0n) is 12.3. The molecule has 0 aromatic carbocycles. The van der Waals surface area contributed by atoms with Gasteiger partial charge in [0.1, 0.15) is 0 Å². The summed E-state index contributed by atoms with van der Waals surface area (Å²) in [4.78, 5) is 18.2. The number of carbonyl (C=O) groups is 1. The van der Waals surface area contributed by atoms with Crippen LogP contribution in [0.5, 0.6) is 0 Å². The molecule has 0 radical (unpaired) electrons. The highest BCUT2D eigenvalue weighted by Gasteiger charge is 2.46. The summed E-state index contributed by atoms with van der Waals surface area (Å²) in [5.74, 6) is 0. The first-order chi connectivity index (χ1) is 7.77. The number of hydrogen-bond donors (Lipinski definition) is 0. The van der Waals surface area contributed by atoms with Gasteiger partial charge in [0, 0.05) is 32.2 Å². The maximum absolute atomic E-state index is 12.1. The molecule has 0 aromatic heterocycles. The van der Waals surface area contributed by atoms with Gasteiger partial charge in [-0.25, -0.2) is 4.79 Å². The van der Waals surface area contributed by atoms with Crippen LogP contribution in [0.15, 0.2) is 0 Å². The first-order valence-corrected chi connectivity index (χ1v) is 6.49. The highest BCUT2D eigenvalue weighted by Crippen LogP contribution is 2.33. The van der Waals surface area contributed by atoms with Crippen LogP contribution in [-0.2, 0) is 0 Å².